The molecule has 0 saturated heterocycles. The summed E-state index contributed by atoms with van der Waals surface area (Å²) in [6.45, 7) is 0. The van der Waals surface area contributed by atoms with Crippen molar-refractivity contribution in [3.63, 3.8) is 0 Å². The van der Waals surface area contributed by atoms with Crippen LogP contribution in [0.1, 0.15) is 21.4 Å². The number of fused-ring (bicyclic) bond motifs is 1. The van der Waals surface area contributed by atoms with E-state index in [9.17, 15) is 9.90 Å². The molecule has 0 bridgehead atoms. The molecule has 1 aliphatic heterocycles. The highest BCUT2D eigenvalue weighted by atomic mass is 32.2. The summed E-state index contributed by atoms with van der Waals surface area (Å²) in [6.07, 6.45) is 0. The zero-order valence-electron chi connectivity index (χ0n) is 9.37. The first-order chi connectivity index (χ1) is 8.74. The van der Waals surface area contributed by atoms with Crippen LogP contribution in [0.15, 0.2) is 53.4 Å². The summed E-state index contributed by atoms with van der Waals surface area (Å²) in [5.41, 5.74) is 0.973. The maximum absolute atomic E-state index is 11.9. The number of thioether (sulfide) groups is 1. The summed E-state index contributed by atoms with van der Waals surface area (Å²) >= 11 is 1.47. The van der Waals surface area contributed by atoms with E-state index in [-0.39, 0.29) is 11.7 Å². The molecule has 3 nitrogen and oxygen atoms in total. The van der Waals surface area contributed by atoms with E-state index < -0.39 is 5.44 Å². The van der Waals surface area contributed by atoms with Crippen LogP contribution in [-0.2, 0) is 4.74 Å². The molecule has 0 spiro atoms. The Balaban J connectivity index is 1.97. The standard InChI is InChI=1S/C14H10O3S/c15-10-5-3-4-9(8-10)14-17-13(16)11-6-1-2-7-12(11)18-14/h1-8,14-15H/t14-/m0/s1. The van der Waals surface area contributed by atoms with E-state index in [4.69, 9.17) is 4.74 Å². The molecule has 0 saturated carbocycles. The number of ether oxygens (including phenoxy) is 1. The lowest BCUT2D eigenvalue weighted by atomic mass is 10.2. The summed E-state index contributed by atoms with van der Waals surface area (Å²) in [6, 6.07) is 14.1. The third-order valence-corrected chi connectivity index (χ3v) is 3.89. The minimum absolute atomic E-state index is 0.169. The second-order valence-corrected chi connectivity index (χ2v) is 5.05. The van der Waals surface area contributed by atoms with Crippen LogP contribution in [-0.4, -0.2) is 11.1 Å². The van der Waals surface area contributed by atoms with Gasteiger partial charge < -0.3 is 9.84 Å². The molecule has 3 rings (SSSR count). The first-order valence-electron chi connectivity index (χ1n) is 5.49. The van der Waals surface area contributed by atoms with E-state index in [1.54, 1.807) is 24.3 Å². The smallest absolute Gasteiger partial charge is 0.340 e. The highest BCUT2D eigenvalue weighted by Gasteiger charge is 2.27. The Morgan fingerprint density at radius 3 is 2.78 bits per heavy atom. The van der Waals surface area contributed by atoms with Crippen molar-refractivity contribution in [2.75, 3.05) is 0 Å². The topological polar surface area (TPSA) is 46.5 Å². The summed E-state index contributed by atoms with van der Waals surface area (Å²) in [5.74, 6) is -0.152. The summed E-state index contributed by atoms with van der Waals surface area (Å²) in [7, 11) is 0. The van der Waals surface area contributed by atoms with E-state index in [1.165, 1.54) is 11.8 Å². The van der Waals surface area contributed by atoms with Crippen molar-refractivity contribution in [3.05, 3.63) is 59.7 Å². The van der Waals surface area contributed by atoms with E-state index in [1.807, 2.05) is 24.3 Å². The number of hydrogen-bond acceptors (Lipinski definition) is 4. The van der Waals surface area contributed by atoms with Gasteiger partial charge in [-0.2, -0.15) is 0 Å². The second kappa shape index (κ2) is 4.38. The Labute approximate surface area is 108 Å². The Morgan fingerprint density at radius 1 is 1.11 bits per heavy atom. The Kier molecular flexibility index (Phi) is 2.72. The Bertz CT molecular complexity index is 609. The average molecular weight is 258 g/mol. The molecule has 1 N–H and O–H groups in total. The van der Waals surface area contributed by atoms with Gasteiger partial charge in [0.2, 0.25) is 0 Å². The zero-order chi connectivity index (χ0) is 12.5. The van der Waals surface area contributed by atoms with Gasteiger partial charge in [0.05, 0.1) is 5.56 Å². The van der Waals surface area contributed by atoms with E-state index in [2.05, 4.69) is 0 Å². The lowest BCUT2D eigenvalue weighted by molar-refractivity contribution is 0.0439. The fourth-order valence-corrected chi connectivity index (χ4v) is 2.93. The van der Waals surface area contributed by atoms with E-state index in [0.717, 1.165) is 10.5 Å². The largest absolute Gasteiger partial charge is 0.508 e. The minimum Gasteiger partial charge on any atom is -0.508 e. The van der Waals surface area contributed by atoms with Gasteiger partial charge >= 0.3 is 5.97 Å². The molecule has 1 atom stereocenters. The highest BCUT2D eigenvalue weighted by molar-refractivity contribution is 7.99. The third-order valence-electron chi connectivity index (χ3n) is 2.70. The molecule has 1 heterocycles. The lowest BCUT2D eigenvalue weighted by Gasteiger charge is -2.24. The molecule has 0 fully saturated rings. The lowest BCUT2D eigenvalue weighted by Crippen LogP contribution is -2.15. The van der Waals surface area contributed by atoms with Crippen LogP contribution < -0.4 is 0 Å². The van der Waals surface area contributed by atoms with Gasteiger partial charge in [0.15, 0.2) is 5.44 Å². The normalized spacial score (nSPS) is 18.0. The van der Waals surface area contributed by atoms with E-state index in [0.29, 0.717) is 5.56 Å². The maximum Gasteiger partial charge on any atom is 0.340 e. The summed E-state index contributed by atoms with van der Waals surface area (Å²) in [5, 5.41) is 9.46. The molecule has 1 aliphatic rings. The van der Waals surface area contributed by atoms with Crippen molar-refractivity contribution in [2.45, 2.75) is 10.3 Å². The molecule has 0 amide bonds. The van der Waals surface area contributed by atoms with Gasteiger partial charge in [0, 0.05) is 10.5 Å². The molecule has 2 aromatic carbocycles. The Morgan fingerprint density at radius 2 is 1.94 bits per heavy atom. The van der Waals surface area contributed by atoms with E-state index >= 15 is 0 Å². The number of aromatic hydroxyl groups is 1. The molecule has 0 aromatic heterocycles. The predicted octanol–water partition coefficient (Wildman–Crippen LogP) is 3.35. The van der Waals surface area contributed by atoms with Gasteiger partial charge in [0.25, 0.3) is 0 Å². The number of carbonyl (C=O) groups is 1. The number of hydrogen-bond donors (Lipinski definition) is 1. The van der Waals surface area contributed by atoms with Crippen LogP contribution >= 0.6 is 11.8 Å². The SMILES string of the molecule is O=C1O[C@H](c2cccc(O)c2)Sc2ccccc21. The number of carbonyl (C=O) groups excluding carboxylic acids is 1. The van der Waals surface area contributed by atoms with Gasteiger partial charge in [-0.3, -0.25) is 0 Å². The van der Waals surface area contributed by atoms with Gasteiger partial charge in [-0.25, -0.2) is 4.79 Å². The van der Waals surface area contributed by atoms with Gasteiger partial charge in [0.1, 0.15) is 5.75 Å². The first kappa shape index (κ1) is 11.2. The number of phenols is 1. The highest BCUT2D eigenvalue weighted by Crippen LogP contribution is 2.43. The molecule has 0 unspecified atom stereocenters. The molecular formula is C14H10O3S. The predicted molar refractivity (Wildman–Crippen MR) is 68.6 cm³/mol. The van der Waals surface area contributed by atoms with Crippen LogP contribution in [0.2, 0.25) is 0 Å². The van der Waals surface area contributed by atoms with Crippen molar-refractivity contribution >= 4 is 17.7 Å². The zero-order valence-corrected chi connectivity index (χ0v) is 10.2. The molecule has 4 heteroatoms. The molecular weight excluding hydrogens is 248 g/mol. The molecule has 0 radical (unpaired) electrons. The van der Waals surface area contributed by atoms with Crippen LogP contribution in [0.3, 0.4) is 0 Å². The fraction of sp³-hybridized carbons (Fsp3) is 0.0714. The van der Waals surface area contributed by atoms with Gasteiger partial charge in [-0.1, -0.05) is 36.0 Å². The van der Waals surface area contributed by atoms with Crippen molar-refractivity contribution in [3.8, 4) is 5.75 Å². The van der Waals surface area contributed by atoms with Crippen LogP contribution in [0.5, 0.6) is 5.75 Å². The van der Waals surface area contributed by atoms with Gasteiger partial charge in [-0.05, 0) is 24.3 Å². The summed E-state index contributed by atoms with van der Waals surface area (Å²) in [4.78, 5) is 12.8. The second-order valence-electron chi connectivity index (χ2n) is 3.95. The quantitative estimate of drug-likeness (QED) is 0.797. The number of rotatable bonds is 1. The third kappa shape index (κ3) is 1.95. The first-order valence-corrected chi connectivity index (χ1v) is 6.37. The van der Waals surface area contributed by atoms with Crippen LogP contribution in [0, 0.1) is 0 Å². The van der Waals surface area contributed by atoms with Crippen molar-refractivity contribution in [2.24, 2.45) is 0 Å². The molecule has 18 heavy (non-hydrogen) atoms. The minimum atomic E-state index is -0.403. The molecule has 0 aliphatic carbocycles. The number of cyclic esters (lactones) is 1. The number of benzene rings is 2. The monoisotopic (exact) mass is 258 g/mol. The Hall–Kier alpha value is -1.94. The van der Waals surface area contributed by atoms with Crippen LogP contribution in [0.4, 0.5) is 0 Å². The summed E-state index contributed by atoms with van der Waals surface area (Å²) < 4.78 is 5.37. The molecule has 2 aromatic rings. The maximum atomic E-state index is 11.9. The fourth-order valence-electron chi connectivity index (χ4n) is 1.85. The molecule has 90 valence electrons. The number of esters is 1. The van der Waals surface area contributed by atoms with Crippen molar-refractivity contribution in [1.29, 1.82) is 0 Å². The number of phenolic OH excluding ortho intramolecular Hbond substituents is 1. The van der Waals surface area contributed by atoms with Crippen LogP contribution in [0.25, 0.3) is 0 Å². The average Bonchev–Trinajstić information content (AvgIpc) is 2.39. The van der Waals surface area contributed by atoms with Crippen molar-refractivity contribution in [1.82, 2.24) is 0 Å². The van der Waals surface area contributed by atoms with Gasteiger partial charge in [-0.15, -0.1) is 0 Å². The van der Waals surface area contributed by atoms with Crippen molar-refractivity contribution < 1.29 is 14.6 Å².